The zero-order valence-corrected chi connectivity index (χ0v) is 38.2. The van der Waals surface area contributed by atoms with E-state index >= 15 is 0 Å². The van der Waals surface area contributed by atoms with Crippen LogP contribution >= 0.6 is 0 Å². The maximum atomic E-state index is 14.6. The van der Waals surface area contributed by atoms with Gasteiger partial charge in [0.05, 0.1) is 6.33 Å². The molecule has 1 aliphatic rings. The van der Waals surface area contributed by atoms with Gasteiger partial charge in [-0.25, -0.2) is 14.7 Å². The van der Waals surface area contributed by atoms with E-state index in [2.05, 4.69) is 51.8 Å². The Hall–Kier alpha value is -7.62. The van der Waals surface area contributed by atoms with E-state index in [1.54, 1.807) is 43.6 Å². The molecule has 14 N–H and O–H groups in total. The van der Waals surface area contributed by atoms with Crippen molar-refractivity contribution in [2.24, 2.45) is 22.2 Å². The van der Waals surface area contributed by atoms with Crippen LogP contribution < -0.4 is 49.1 Å². The SMILES string of the molecule is CNCCCC[C@H](NC(=O)[C@H](Cc1c[nH]c2ccccc12)NC(=O)[C@H](CCCN=C(N)N)NC(=O)[C@@H](Cc1ccccc1)NC(=O)[C@H](Cc1cnc[nH]1)N1C(=O)N[C@@H](CCC(C)=O)C1=O)C(N)=O. The predicted molar refractivity (Wildman–Crippen MR) is 252 cm³/mol. The Morgan fingerprint density at radius 1 is 0.765 bits per heavy atom. The van der Waals surface area contributed by atoms with Crippen LogP contribution in [0.1, 0.15) is 68.7 Å². The second-order valence-electron chi connectivity index (χ2n) is 16.7. The maximum Gasteiger partial charge on any atom is 0.325 e. The van der Waals surface area contributed by atoms with Crippen molar-refractivity contribution >= 4 is 64.1 Å². The Balaban J connectivity index is 1.44. The lowest BCUT2D eigenvalue weighted by Gasteiger charge is -2.28. The molecule has 2 aromatic heterocycles. The van der Waals surface area contributed by atoms with Crippen molar-refractivity contribution in [3.8, 4) is 0 Å². The van der Waals surface area contributed by atoms with Gasteiger partial charge < -0.3 is 63.9 Å². The van der Waals surface area contributed by atoms with Crippen LogP contribution in [-0.2, 0) is 52.8 Å². The Morgan fingerprint density at radius 3 is 2.09 bits per heavy atom. The minimum Gasteiger partial charge on any atom is -0.370 e. The number of urea groups is 1. The molecule has 22 nitrogen and oxygen atoms in total. The molecule has 0 radical (unpaired) electrons. The monoisotopic (exact) mass is 938 g/mol. The number of nitrogens with two attached hydrogens (primary N) is 3. The van der Waals surface area contributed by atoms with Crippen molar-refractivity contribution in [1.29, 1.82) is 0 Å². The van der Waals surface area contributed by atoms with Crippen LogP contribution in [0, 0.1) is 0 Å². The van der Waals surface area contributed by atoms with Crippen molar-refractivity contribution < 1.29 is 38.4 Å². The second kappa shape index (κ2) is 25.3. The van der Waals surface area contributed by atoms with E-state index in [-0.39, 0.29) is 69.7 Å². The van der Waals surface area contributed by atoms with E-state index in [0.717, 1.165) is 22.2 Å². The van der Waals surface area contributed by atoms with Gasteiger partial charge in [-0.1, -0.05) is 48.5 Å². The van der Waals surface area contributed by atoms with Gasteiger partial charge in [-0.3, -0.25) is 33.8 Å². The third kappa shape index (κ3) is 15.0. The third-order valence-corrected chi connectivity index (χ3v) is 11.5. The van der Waals surface area contributed by atoms with Gasteiger partial charge in [0.2, 0.25) is 29.5 Å². The summed E-state index contributed by atoms with van der Waals surface area (Å²) < 4.78 is 0. The fraction of sp³-hybridized carbons (Fsp3) is 0.435. The fourth-order valence-corrected chi connectivity index (χ4v) is 7.87. The topological polar surface area (TPSA) is 347 Å². The number of imide groups is 1. The minimum atomic E-state index is -1.48. The summed E-state index contributed by atoms with van der Waals surface area (Å²) in [6, 6.07) is 7.69. The molecule has 1 aliphatic heterocycles. The van der Waals surface area contributed by atoms with Gasteiger partial charge in [0.15, 0.2) is 5.96 Å². The number of aliphatic imine (C=N–C) groups is 1. The van der Waals surface area contributed by atoms with Crippen LogP contribution in [0.25, 0.3) is 10.9 Å². The molecule has 364 valence electrons. The Kier molecular flexibility index (Phi) is 19.1. The van der Waals surface area contributed by atoms with Crippen molar-refractivity contribution in [3.05, 3.63) is 90.1 Å². The van der Waals surface area contributed by atoms with Gasteiger partial charge in [0.1, 0.15) is 42.0 Å². The molecule has 22 heteroatoms. The standard InChI is InChI=1S/C46H62N14O8/c1-27(61)17-18-35-44(67)60(46(68)59-35)38(23-30-25-51-26-54-30)43(66)58-36(21-28-11-4-3-5-12-28)41(64)56-34(16-10-20-52-45(48)49)40(63)57-37(22-29-24-53-32-14-7-6-13-31(29)32)42(65)55-33(39(47)62)15-8-9-19-50-2/h3-7,11-14,24-26,33-38,50,53H,8-10,15-23H2,1-2H3,(H2,47,62)(H,51,54)(H,55,65)(H,56,64)(H,57,63)(H,58,66)(H,59,68)(H4,48,49,52)/t33-,34-,35-,36+,37-,38-/m0/s1. The first-order valence-electron chi connectivity index (χ1n) is 22.5. The number of nitrogens with one attached hydrogen (secondary N) is 8. The van der Waals surface area contributed by atoms with E-state index in [1.165, 1.54) is 19.4 Å². The molecule has 4 aromatic rings. The molecular formula is C46H62N14O8. The number of carbonyl (C=O) groups excluding carboxylic acids is 8. The summed E-state index contributed by atoms with van der Waals surface area (Å²) >= 11 is 0. The number of aromatic nitrogens is 3. The lowest BCUT2D eigenvalue weighted by Crippen LogP contribution is -2.60. The highest BCUT2D eigenvalue weighted by Gasteiger charge is 2.45. The lowest BCUT2D eigenvalue weighted by atomic mass is 10.0. The molecule has 68 heavy (non-hydrogen) atoms. The quantitative estimate of drug-likeness (QED) is 0.0148. The number of imidazole rings is 1. The number of fused-ring (bicyclic) bond motifs is 1. The first-order chi connectivity index (χ1) is 32.6. The predicted octanol–water partition coefficient (Wildman–Crippen LogP) is -0.555. The van der Waals surface area contributed by atoms with Crippen LogP contribution in [0.3, 0.4) is 0 Å². The highest BCUT2D eigenvalue weighted by Crippen LogP contribution is 2.21. The molecule has 8 amide bonds. The number of rotatable bonds is 28. The Labute approximate surface area is 393 Å². The minimum absolute atomic E-state index is 0.0154. The number of benzene rings is 2. The van der Waals surface area contributed by atoms with Crippen molar-refractivity contribution in [1.82, 2.24) is 51.8 Å². The average molecular weight is 939 g/mol. The van der Waals surface area contributed by atoms with Crippen LogP contribution in [-0.4, -0.2) is 129 Å². The number of nitrogens with zero attached hydrogens (tertiary/aromatic N) is 3. The van der Waals surface area contributed by atoms with E-state index < -0.39 is 77.7 Å². The zero-order valence-electron chi connectivity index (χ0n) is 38.2. The van der Waals surface area contributed by atoms with Crippen molar-refractivity contribution in [3.63, 3.8) is 0 Å². The molecule has 3 heterocycles. The molecule has 0 unspecified atom stereocenters. The number of carbonyl (C=O) groups is 8. The number of ketones is 1. The first-order valence-corrected chi connectivity index (χ1v) is 22.5. The summed E-state index contributed by atoms with van der Waals surface area (Å²) in [5.74, 6) is -4.99. The highest BCUT2D eigenvalue weighted by molar-refractivity contribution is 6.08. The average Bonchev–Trinajstić information content (AvgIpc) is 4.05. The highest BCUT2D eigenvalue weighted by atomic mass is 16.2. The number of guanidine groups is 1. The van der Waals surface area contributed by atoms with Crippen LogP contribution in [0.4, 0.5) is 4.79 Å². The normalized spacial score (nSPS) is 15.6. The van der Waals surface area contributed by atoms with Crippen LogP contribution in [0.15, 0.2) is 78.3 Å². The number of hydrogen-bond donors (Lipinski definition) is 11. The molecule has 0 saturated carbocycles. The number of hydrogen-bond acceptors (Lipinski definition) is 11. The smallest absolute Gasteiger partial charge is 0.325 e. The molecule has 0 aliphatic carbocycles. The van der Waals surface area contributed by atoms with Gasteiger partial charge >= 0.3 is 6.03 Å². The molecule has 6 atom stereocenters. The number of unbranched alkanes of at least 4 members (excludes halogenated alkanes) is 1. The number of aromatic amines is 2. The van der Waals surface area contributed by atoms with Gasteiger partial charge in [-0.05, 0) is 76.2 Å². The number of primary amides is 1. The summed E-state index contributed by atoms with van der Waals surface area (Å²) in [6.45, 7) is 2.13. The number of Topliss-reactive ketones (excluding diaryl/α,β-unsaturated/α-hetero) is 1. The van der Waals surface area contributed by atoms with E-state index in [0.29, 0.717) is 29.8 Å². The summed E-state index contributed by atoms with van der Waals surface area (Å²) in [7, 11) is 1.80. The van der Waals surface area contributed by atoms with Crippen molar-refractivity contribution in [2.75, 3.05) is 20.1 Å². The number of H-pyrrole nitrogens is 2. The van der Waals surface area contributed by atoms with Crippen LogP contribution in [0.2, 0.25) is 0 Å². The molecular weight excluding hydrogens is 877 g/mol. The number of para-hydroxylation sites is 1. The Morgan fingerprint density at radius 2 is 1.41 bits per heavy atom. The maximum absolute atomic E-state index is 14.6. The summed E-state index contributed by atoms with van der Waals surface area (Å²) in [4.78, 5) is 124. The van der Waals surface area contributed by atoms with Gasteiger partial charge in [-0.2, -0.15) is 0 Å². The molecule has 5 rings (SSSR count). The molecule has 0 spiro atoms. The van der Waals surface area contributed by atoms with E-state index in [4.69, 9.17) is 17.2 Å². The van der Waals surface area contributed by atoms with Crippen molar-refractivity contribution in [2.45, 2.75) is 107 Å². The number of amides is 8. The van der Waals surface area contributed by atoms with E-state index in [9.17, 15) is 38.4 Å². The molecule has 1 fully saturated rings. The second-order valence-corrected chi connectivity index (χ2v) is 16.7. The molecule has 2 aromatic carbocycles. The first kappa shape index (κ1) is 51.4. The zero-order chi connectivity index (χ0) is 49.2. The lowest BCUT2D eigenvalue weighted by molar-refractivity contribution is -0.138. The summed E-state index contributed by atoms with van der Waals surface area (Å²) in [6.07, 6.45) is 5.94. The van der Waals surface area contributed by atoms with E-state index in [1.807, 2.05) is 24.3 Å². The third-order valence-electron chi connectivity index (χ3n) is 11.5. The van der Waals surface area contributed by atoms with Crippen LogP contribution in [0.5, 0.6) is 0 Å². The Bertz CT molecular complexity index is 2400. The van der Waals surface area contributed by atoms with Gasteiger partial charge in [0, 0.05) is 61.2 Å². The van der Waals surface area contributed by atoms with Gasteiger partial charge in [0.25, 0.3) is 5.91 Å². The largest absolute Gasteiger partial charge is 0.370 e. The van der Waals surface area contributed by atoms with Gasteiger partial charge in [-0.15, -0.1) is 0 Å². The summed E-state index contributed by atoms with van der Waals surface area (Å²) in [5, 5.41) is 17.4. The molecule has 1 saturated heterocycles. The fourth-order valence-electron chi connectivity index (χ4n) is 7.87. The molecule has 0 bridgehead atoms. The summed E-state index contributed by atoms with van der Waals surface area (Å²) in [5.41, 5.74) is 19.4.